The number of nitrogens with one attached hydrogen (secondary N) is 2. The van der Waals surface area contributed by atoms with Crippen LogP contribution in [0.4, 0.5) is 11.4 Å². The summed E-state index contributed by atoms with van der Waals surface area (Å²) >= 11 is 1.52. The molecule has 242 valence electrons. The van der Waals surface area contributed by atoms with Gasteiger partial charge in [-0.05, 0) is 48.9 Å². The Hall–Kier alpha value is -3.34. The lowest BCUT2D eigenvalue weighted by Gasteiger charge is -2.44. The van der Waals surface area contributed by atoms with Crippen LogP contribution >= 0.6 is 11.8 Å². The highest BCUT2D eigenvalue weighted by molar-refractivity contribution is 7.98. The largest absolute Gasteiger partial charge is 0.483 e. The molecule has 0 fully saturated rings. The Labute approximate surface area is 273 Å². The number of anilines is 2. The van der Waals surface area contributed by atoms with E-state index in [2.05, 4.69) is 41.5 Å². The van der Waals surface area contributed by atoms with E-state index in [-0.39, 0.29) is 25.6 Å². The Morgan fingerprint density at radius 2 is 1.67 bits per heavy atom. The summed E-state index contributed by atoms with van der Waals surface area (Å²) in [5.74, 6) is -0.775. The Morgan fingerprint density at radius 1 is 1.02 bits per heavy atom. The van der Waals surface area contributed by atoms with Gasteiger partial charge < -0.3 is 25.4 Å². The van der Waals surface area contributed by atoms with E-state index in [1.54, 1.807) is 0 Å². The molecule has 1 heterocycles. The van der Waals surface area contributed by atoms with Gasteiger partial charge in [0.05, 0.1) is 43.6 Å². The Balaban J connectivity index is 1.63. The van der Waals surface area contributed by atoms with E-state index >= 15 is 0 Å². The number of para-hydroxylation sites is 1. The van der Waals surface area contributed by atoms with E-state index in [0.717, 1.165) is 65.3 Å². The van der Waals surface area contributed by atoms with Gasteiger partial charge in [-0.25, -0.2) is 0 Å². The summed E-state index contributed by atoms with van der Waals surface area (Å²) in [7, 11) is -1.27. The van der Waals surface area contributed by atoms with Gasteiger partial charge in [0.1, 0.15) is 5.75 Å². The first-order chi connectivity index (χ1) is 21.8. The number of fused-ring (bicyclic) bond motifs is 1. The molecule has 10 heteroatoms. The number of hydrogen-bond acceptors (Lipinski definition) is 7. The number of nitrogens with zero attached hydrogens (tertiary/aromatic N) is 1. The van der Waals surface area contributed by atoms with Crippen LogP contribution in [0.3, 0.4) is 0 Å². The molecule has 0 saturated carbocycles. The molecule has 45 heavy (non-hydrogen) atoms. The fourth-order valence-corrected chi connectivity index (χ4v) is 8.27. The second kappa shape index (κ2) is 16.8. The van der Waals surface area contributed by atoms with Gasteiger partial charge in [-0.15, -0.1) is 11.8 Å². The number of carbonyl (C=O) groups is 2. The lowest BCUT2D eigenvalue weighted by atomic mass is 9.93. The minimum atomic E-state index is -1.27. The highest BCUT2D eigenvalue weighted by Crippen LogP contribution is 2.48. The topological polar surface area (TPSA) is 108 Å². The fraction of sp³-hybridized carbons (Fsp3) is 0.429. The molecule has 4 rings (SSSR count). The van der Waals surface area contributed by atoms with Crippen LogP contribution in [0.15, 0.2) is 82.6 Å². The number of ether oxygens (including phenoxy) is 1. The quantitative estimate of drug-likeness (QED) is 0.139. The second-order valence-electron chi connectivity index (χ2n) is 11.4. The Kier molecular flexibility index (Phi) is 12.9. The van der Waals surface area contributed by atoms with Crippen molar-refractivity contribution in [1.82, 2.24) is 10.6 Å². The lowest BCUT2D eigenvalue weighted by molar-refractivity contribution is -0.135. The average molecular weight is 652 g/mol. The van der Waals surface area contributed by atoms with Gasteiger partial charge in [0.25, 0.3) is 5.91 Å². The molecule has 0 radical (unpaired) electrons. The molecule has 1 amide bonds. The van der Waals surface area contributed by atoms with Gasteiger partial charge in [-0.1, -0.05) is 88.1 Å². The molecule has 3 N–H and O–H groups in total. The predicted molar refractivity (Wildman–Crippen MR) is 183 cm³/mol. The molecule has 1 aliphatic rings. The van der Waals surface area contributed by atoms with Crippen LogP contribution in [0, 0.1) is 0 Å². The minimum Gasteiger partial charge on any atom is -0.483 e. The maximum absolute atomic E-state index is 14.6. The summed E-state index contributed by atoms with van der Waals surface area (Å²) in [6.07, 6.45) is 7.79. The Bertz CT molecular complexity index is 1430. The summed E-state index contributed by atoms with van der Waals surface area (Å²) < 4.78 is 20.3. The molecule has 1 aliphatic heterocycles. The smallest absolute Gasteiger partial charge is 0.317 e. The van der Waals surface area contributed by atoms with Crippen LogP contribution in [-0.4, -0.2) is 58.4 Å². The van der Waals surface area contributed by atoms with Gasteiger partial charge in [0.2, 0.25) is 0 Å². The zero-order chi connectivity index (χ0) is 32.2. The zero-order valence-corrected chi connectivity index (χ0v) is 28.1. The summed E-state index contributed by atoms with van der Waals surface area (Å²) in [4.78, 5) is 28.1. The van der Waals surface area contributed by atoms with Crippen molar-refractivity contribution in [3.63, 3.8) is 0 Å². The zero-order valence-electron chi connectivity index (χ0n) is 26.4. The fourth-order valence-electron chi connectivity index (χ4n) is 5.77. The number of carbonyl (C=O) groups excluding carboxylic acids is 1. The van der Waals surface area contributed by atoms with Crippen LogP contribution in [-0.2, 0) is 20.4 Å². The van der Waals surface area contributed by atoms with Gasteiger partial charge in [0.15, 0.2) is 6.61 Å². The van der Waals surface area contributed by atoms with Crippen LogP contribution in [0.2, 0.25) is 0 Å². The molecule has 2 unspecified atom stereocenters. The van der Waals surface area contributed by atoms with Crippen molar-refractivity contribution >= 4 is 45.8 Å². The Morgan fingerprint density at radius 3 is 2.27 bits per heavy atom. The lowest BCUT2D eigenvalue weighted by Crippen LogP contribution is -2.49. The van der Waals surface area contributed by atoms with Crippen molar-refractivity contribution < 1.29 is 23.6 Å². The molecule has 0 saturated heterocycles. The molecule has 0 aromatic heterocycles. The van der Waals surface area contributed by atoms with Crippen molar-refractivity contribution in [3.05, 3.63) is 78.4 Å². The number of rotatable bonds is 17. The van der Waals surface area contributed by atoms with Crippen LogP contribution in [0.5, 0.6) is 5.75 Å². The molecule has 0 aliphatic carbocycles. The number of hydrogen-bond donors (Lipinski definition) is 3. The number of thioether (sulfide) groups is 1. The molecule has 3 aromatic rings. The third-order valence-electron chi connectivity index (χ3n) is 8.14. The molecule has 0 bridgehead atoms. The summed E-state index contributed by atoms with van der Waals surface area (Å²) in [5.41, 5.74) is 2.84. The van der Waals surface area contributed by atoms with Crippen LogP contribution in [0.25, 0.3) is 0 Å². The third kappa shape index (κ3) is 8.89. The monoisotopic (exact) mass is 651 g/mol. The van der Waals surface area contributed by atoms with Crippen molar-refractivity contribution in [2.45, 2.75) is 73.0 Å². The minimum absolute atomic E-state index is 0.211. The summed E-state index contributed by atoms with van der Waals surface area (Å²) in [6, 6.07) is 23.2. The van der Waals surface area contributed by atoms with E-state index in [1.807, 2.05) is 66.9 Å². The van der Waals surface area contributed by atoms with Gasteiger partial charge in [0, 0.05) is 18.8 Å². The van der Waals surface area contributed by atoms with E-state index in [4.69, 9.17) is 9.84 Å². The van der Waals surface area contributed by atoms with E-state index in [0.29, 0.717) is 12.3 Å². The van der Waals surface area contributed by atoms with E-state index in [9.17, 15) is 13.8 Å². The van der Waals surface area contributed by atoms with Crippen molar-refractivity contribution in [1.29, 1.82) is 0 Å². The third-order valence-corrected chi connectivity index (χ3v) is 10.9. The van der Waals surface area contributed by atoms with Gasteiger partial charge in [-0.2, -0.15) is 0 Å². The first kappa shape index (κ1) is 34.5. The molecular weight excluding hydrogens is 607 g/mol. The highest BCUT2D eigenvalue weighted by atomic mass is 32.2. The summed E-state index contributed by atoms with van der Waals surface area (Å²) in [6.45, 7) is 4.84. The molecule has 8 nitrogen and oxygen atoms in total. The number of carboxylic acids is 1. The first-order valence-corrected chi connectivity index (χ1v) is 18.1. The predicted octanol–water partition coefficient (Wildman–Crippen LogP) is 6.70. The maximum Gasteiger partial charge on any atom is 0.317 e. The molecule has 2 atom stereocenters. The van der Waals surface area contributed by atoms with E-state index < -0.39 is 27.6 Å². The van der Waals surface area contributed by atoms with E-state index in [1.165, 1.54) is 11.8 Å². The molecule has 3 aromatic carbocycles. The maximum atomic E-state index is 14.6. The summed E-state index contributed by atoms with van der Waals surface area (Å²) in [5, 5.41) is 14.9. The van der Waals surface area contributed by atoms with Crippen molar-refractivity contribution in [3.8, 4) is 5.75 Å². The van der Waals surface area contributed by atoms with Crippen LogP contribution < -0.4 is 20.3 Å². The number of benzene rings is 3. The standard InChI is InChI=1S/C35H45N3O5S2/c1-4-6-18-35(19-7-5-2)25-38(27-16-12-9-13-17-27)29-20-31(44-3)30(21-32(29)45(35)42)43-24-33(39)37-28(22-36-23-34(40)41)26-14-10-8-11-15-26/h8-17,20-21,28,36H,4-7,18-19,22-25H2,1-3H3,(H,37,39)(H,40,41). The number of aliphatic carboxylic acids is 1. The SMILES string of the molecule is CCCCC1(CCCC)CN(c2ccccc2)c2cc(SC)c(OCC(=O)NC(CNCC(=O)O)c3ccccc3)cc2S1=O. The van der Waals surface area contributed by atoms with Crippen molar-refractivity contribution in [2.24, 2.45) is 0 Å². The normalized spacial score (nSPS) is 16.1. The van der Waals surface area contributed by atoms with Gasteiger partial charge >= 0.3 is 5.97 Å². The number of unbranched alkanes of at least 4 members (excludes halogenated alkanes) is 2. The molecular formula is C35H45N3O5S2. The van der Waals surface area contributed by atoms with Crippen LogP contribution in [0.1, 0.15) is 64.0 Å². The van der Waals surface area contributed by atoms with Gasteiger partial charge in [-0.3, -0.25) is 13.8 Å². The van der Waals surface area contributed by atoms with Crippen molar-refractivity contribution in [2.75, 3.05) is 37.4 Å². The first-order valence-electron chi connectivity index (χ1n) is 15.7. The second-order valence-corrected chi connectivity index (χ2v) is 14.1. The number of carboxylic acid groups (broad SMARTS) is 1. The number of amides is 1. The highest BCUT2D eigenvalue weighted by Gasteiger charge is 2.44. The molecule has 0 spiro atoms. The average Bonchev–Trinajstić information content (AvgIpc) is 3.06.